The Morgan fingerprint density at radius 3 is 2.29 bits per heavy atom. The van der Waals surface area contributed by atoms with Crippen LogP contribution in [-0.4, -0.2) is 48.8 Å². The minimum absolute atomic E-state index is 0.0121. The van der Waals surface area contributed by atoms with Gasteiger partial charge in [-0.15, -0.1) is 0 Å². The maximum Gasteiger partial charge on any atom is 0.422 e. The van der Waals surface area contributed by atoms with Gasteiger partial charge < -0.3 is 14.2 Å². The van der Waals surface area contributed by atoms with Gasteiger partial charge in [0.05, 0.1) is 24.4 Å². The SMILES string of the molecule is CC1OC2C3CCC(C3)C2OC1CC(C)(F)C(=O)OCC(F)(F)F. The highest BCUT2D eigenvalue weighted by molar-refractivity contribution is 5.79. The molecular weight excluding hydrogens is 332 g/mol. The Balaban J connectivity index is 1.59. The molecule has 1 saturated heterocycles. The lowest BCUT2D eigenvalue weighted by atomic mass is 9.90. The highest BCUT2D eigenvalue weighted by Gasteiger charge is 2.54. The molecule has 1 heterocycles. The average Bonchev–Trinajstić information content (AvgIpc) is 3.06. The molecule has 3 aliphatic rings. The minimum atomic E-state index is -4.68. The van der Waals surface area contributed by atoms with Crippen molar-refractivity contribution in [1.29, 1.82) is 0 Å². The van der Waals surface area contributed by atoms with E-state index in [0.717, 1.165) is 26.2 Å². The van der Waals surface area contributed by atoms with E-state index in [0.29, 0.717) is 11.8 Å². The molecule has 0 aromatic rings. The summed E-state index contributed by atoms with van der Waals surface area (Å²) in [5, 5.41) is 0. The van der Waals surface area contributed by atoms with Crippen LogP contribution in [0.25, 0.3) is 0 Å². The van der Waals surface area contributed by atoms with Gasteiger partial charge in [0.25, 0.3) is 0 Å². The van der Waals surface area contributed by atoms with Crippen LogP contribution in [0.5, 0.6) is 0 Å². The number of carbonyl (C=O) groups is 1. The van der Waals surface area contributed by atoms with Gasteiger partial charge in [0.2, 0.25) is 5.67 Å². The third-order valence-electron chi connectivity index (χ3n) is 5.37. The summed E-state index contributed by atoms with van der Waals surface area (Å²) in [4.78, 5) is 11.7. The highest BCUT2D eigenvalue weighted by Crippen LogP contribution is 2.50. The van der Waals surface area contributed by atoms with Crippen LogP contribution in [0.4, 0.5) is 17.6 Å². The van der Waals surface area contributed by atoms with Crippen LogP contribution < -0.4 is 0 Å². The predicted molar refractivity (Wildman–Crippen MR) is 75.0 cm³/mol. The van der Waals surface area contributed by atoms with Gasteiger partial charge in [-0.05, 0) is 44.9 Å². The fraction of sp³-hybridized carbons (Fsp3) is 0.938. The molecule has 138 valence electrons. The first-order valence-corrected chi connectivity index (χ1v) is 8.30. The van der Waals surface area contributed by atoms with E-state index in [1.807, 2.05) is 0 Å². The molecule has 8 heteroatoms. The van der Waals surface area contributed by atoms with Gasteiger partial charge in [0, 0.05) is 6.42 Å². The van der Waals surface area contributed by atoms with Crippen molar-refractivity contribution in [3.63, 3.8) is 0 Å². The molecular formula is C16H22F4O4. The van der Waals surface area contributed by atoms with Crippen LogP contribution in [0, 0.1) is 11.8 Å². The lowest BCUT2D eigenvalue weighted by Crippen LogP contribution is -2.53. The third-order valence-corrected chi connectivity index (χ3v) is 5.37. The molecule has 0 N–H and O–H groups in total. The summed E-state index contributed by atoms with van der Waals surface area (Å²) in [7, 11) is 0. The Morgan fingerprint density at radius 1 is 1.12 bits per heavy atom. The van der Waals surface area contributed by atoms with Gasteiger partial charge in [-0.1, -0.05) is 0 Å². The molecule has 0 amide bonds. The topological polar surface area (TPSA) is 44.8 Å². The number of fused-ring (bicyclic) bond motifs is 5. The molecule has 2 bridgehead atoms. The fourth-order valence-electron chi connectivity index (χ4n) is 4.18. The second kappa shape index (κ2) is 6.12. The fourth-order valence-corrected chi connectivity index (χ4v) is 4.18. The summed E-state index contributed by atoms with van der Waals surface area (Å²) < 4.78 is 66.9. The molecule has 0 spiro atoms. The summed E-state index contributed by atoms with van der Waals surface area (Å²) in [5.41, 5.74) is -2.56. The molecule has 3 fully saturated rings. The number of alkyl halides is 4. The van der Waals surface area contributed by atoms with Crippen molar-refractivity contribution in [3.05, 3.63) is 0 Å². The first-order chi connectivity index (χ1) is 11.1. The average molecular weight is 354 g/mol. The van der Waals surface area contributed by atoms with Crippen LogP contribution >= 0.6 is 0 Å². The van der Waals surface area contributed by atoms with Crippen molar-refractivity contribution in [2.75, 3.05) is 6.61 Å². The van der Waals surface area contributed by atoms with Crippen LogP contribution in [0.1, 0.15) is 39.5 Å². The summed E-state index contributed by atoms with van der Waals surface area (Å²) >= 11 is 0. The Bertz CT molecular complexity index is 493. The van der Waals surface area contributed by atoms with Gasteiger partial charge in [0.15, 0.2) is 6.61 Å². The predicted octanol–water partition coefficient (Wildman–Crippen LogP) is 3.18. The van der Waals surface area contributed by atoms with Crippen molar-refractivity contribution in [3.8, 4) is 0 Å². The van der Waals surface area contributed by atoms with E-state index >= 15 is 0 Å². The number of halogens is 4. The molecule has 3 rings (SSSR count). The molecule has 1 aliphatic heterocycles. The van der Waals surface area contributed by atoms with Gasteiger partial charge in [0.1, 0.15) is 0 Å². The zero-order chi connectivity index (χ0) is 17.7. The molecule has 0 aromatic carbocycles. The molecule has 2 saturated carbocycles. The van der Waals surface area contributed by atoms with Crippen LogP contribution in [0.3, 0.4) is 0 Å². The molecule has 2 aliphatic carbocycles. The quantitative estimate of drug-likeness (QED) is 0.575. The minimum Gasteiger partial charge on any atom is -0.454 e. The summed E-state index contributed by atoms with van der Waals surface area (Å²) in [6.07, 6.45) is -3.06. The zero-order valence-electron chi connectivity index (χ0n) is 13.6. The third kappa shape index (κ3) is 3.54. The van der Waals surface area contributed by atoms with Gasteiger partial charge in [-0.25, -0.2) is 9.18 Å². The number of carbonyl (C=O) groups excluding carboxylic acids is 1. The van der Waals surface area contributed by atoms with E-state index in [2.05, 4.69) is 4.74 Å². The second-order valence-electron chi connectivity index (χ2n) is 7.37. The molecule has 7 unspecified atom stereocenters. The van der Waals surface area contributed by atoms with E-state index in [4.69, 9.17) is 9.47 Å². The van der Waals surface area contributed by atoms with E-state index < -0.39 is 36.6 Å². The van der Waals surface area contributed by atoms with E-state index in [1.165, 1.54) is 0 Å². The summed E-state index contributed by atoms with van der Waals surface area (Å²) in [5.74, 6) is -0.666. The smallest absolute Gasteiger partial charge is 0.422 e. The Labute approximate surface area is 137 Å². The van der Waals surface area contributed by atoms with Crippen LogP contribution in [-0.2, 0) is 19.0 Å². The first-order valence-electron chi connectivity index (χ1n) is 8.30. The van der Waals surface area contributed by atoms with Crippen LogP contribution in [0.15, 0.2) is 0 Å². The Kier molecular flexibility index (Phi) is 4.57. The standard InChI is InChI=1S/C16H22F4O4/c1-8-11(6-15(2,17)14(21)22-7-16(18,19)20)24-13-10-4-3-9(5-10)12(13)23-8/h8-13H,3-7H2,1-2H3. The van der Waals surface area contributed by atoms with Crippen molar-refractivity contribution >= 4 is 5.97 Å². The maximum atomic E-state index is 14.6. The largest absolute Gasteiger partial charge is 0.454 e. The monoisotopic (exact) mass is 354 g/mol. The Hall–Kier alpha value is -0.890. The van der Waals surface area contributed by atoms with E-state index in [1.54, 1.807) is 6.92 Å². The summed E-state index contributed by atoms with van der Waals surface area (Å²) in [6, 6.07) is 0. The summed E-state index contributed by atoms with van der Waals surface area (Å²) in [6.45, 7) is 0.871. The maximum absolute atomic E-state index is 14.6. The molecule has 4 nitrogen and oxygen atoms in total. The molecule has 0 aromatic heterocycles. The normalized spacial score (nSPS) is 40.9. The van der Waals surface area contributed by atoms with Crippen LogP contribution in [0.2, 0.25) is 0 Å². The van der Waals surface area contributed by atoms with Crippen molar-refractivity contribution < 1.29 is 36.6 Å². The lowest BCUT2D eigenvalue weighted by Gasteiger charge is -2.43. The number of esters is 1. The first kappa shape index (κ1) is 17.9. The van der Waals surface area contributed by atoms with E-state index in [-0.39, 0.29) is 18.6 Å². The van der Waals surface area contributed by atoms with E-state index in [9.17, 15) is 22.4 Å². The number of hydrogen-bond donors (Lipinski definition) is 0. The number of ether oxygens (including phenoxy) is 3. The van der Waals surface area contributed by atoms with Gasteiger partial charge >= 0.3 is 12.1 Å². The van der Waals surface area contributed by atoms with Crippen molar-refractivity contribution in [2.45, 2.75) is 75.8 Å². The zero-order valence-corrected chi connectivity index (χ0v) is 13.6. The molecule has 24 heavy (non-hydrogen) atoms. The van der Waals surface area contributed by atoms with Gasteiger partial charge in [-0.3, -0.25) is 0 Å². The number of hydrogen-bond acceptors (Lipinski definition) is 4. The molecule has 7 atom stereocenters. The molecule has 0 radical (unpaired) electrons. The number of rotatable bonds is 4. The van der Waals surface area contributed by atoms with Crippen molar-refractivity contribution in [1.82, 2.24) is 0 Å². The van der Waals surface area contributed by atoms with Gasteiger partial charge in [-0.2, -0.15) is 13.2 Å². The highest BCUT2D eigenvalue weighted by atomic mass is 19.4. The Morgan fingerprint density at radius 2 is 1.71 bits per heavy atom. The lowest BCUT2D eigenvalue weighted by molar-refractivity contribution is -0.237. The second-order valence-corrected chi connectivity index (χ2v) is 7.37. The van der Waals surface area contributed by atoms with Crippen molar-refractivity contribution in [2.24, 2.45) is 11.8 Å².